The normalized spacial score (nSPS) is 30.4. The second-order valence-corrected chi connectivity index (χ2v) is 7.43. The minimum absolute atomic E-state index is 0.0688. The third-order valence-electron chi connectivity index (χ3n) is 5.93. The Morgan fingerprint density at radius 2 is 1.77 bits per heavy atom. The number of nitriles is 3. The van der Waals surface area contributed by atoms with Gasteiger partial charge in [-0.1, -0.05) is 43.3 Å². The van der Waals surface area contributed by atoms with Gasteiger partial charge in [0.05, 0.1) is 23.4 Å². The van der Waals surface area contributed by atoms with Crippen molar-refractivity contribution in [3.05, 3.63) is 58.8 Å². The van der Waals surface area contributed by atoms with E-state index in [1.54, 1.807) is 0 Å². The average molecular weight is 343 g/mol. The van der Waals surface area contributed by atoms with Gasteiger partial charge in [0.25, 0.3) is 0 Å². The molecule has 1 aliphatic heterocycles. The summed E-state index contributed by atoms with van der Waals surface area (Å²) in [7, 11) is 2.01. The van der Waals surface area contributed by atoms with Crippen molar-refractivity contribution in [1.82, 2.24) is 4.90 Å². The second kappa shape index (κ2) is 6.03. The smallest absolute Gasteiger partial charge is 0.191 e. The van der Waals surface area contributed by atoms with Crippen molar-refractivity contribution in [2.24, 2.45) is 16.6 Å². The van der Waals surface area contributed by atoms with Crippen LogP contribution >= 0.6 is 0 Å². The Bertz CT molecular complexity index is 908. The van der Waals surface area contributed by atoms with Crippen LogP contribution in [-0.2, 0) is 0 Å². The fourth-order valence-electron chi connectivity index (χ4n) is 4.56. The van der Waals surface area contributed by atoms with E-state index in [4.69, 9.17) is 5.73 Å². The molecule has 0 radical (unpaired) electrons. The van der Waals surface area contributed by atoms with Crippen LogP contribution in [0.3, 0.4) is 0 Å². The monoisotopic (exact) mass is 343 g/mol. The highest BCUT2D eigenvalue weighted by Gasteiger charge is 2.60. The van der Waals surface area contributed by atoms with Gasteiger partial charge in [0.2, 0.25) is 0 Å². The van der Waals surface area contributed by atoms with Crippen LogP contribution in [0.15, 0.2) is 53.3 Å². The number of nitrogens with zero attached hydrogens (tertiary/aromatic N) is 4. The van der Waals surface area contributed by atoms with Crippen LogP contribution in [0, 0.1) is 44.8 Å². The van der Waals surface area contributed by atoms with Crippen LogP contribution in [0.5, 0.6) is 0 Å². The summed E-state index contributed by atoms with van der Waals surface area (Å²) in [4.78, 5) is 2.18. The first-order chi connectivity index (χ1) is 12.4. The van der Waals surface area contributed by atoms with E-state index < -0.39 is 16.7 Å². The molecule has 0 amide bonds. The number of benzene rings is 1. The van der Waals surface area contributed by atoms with Gasteiger partial charge in [-0.25, -0.2) is 0 Å². The highest BCUT2D eigenvalue weighted by atomic mass is 15.1. The predicted octanol–water partition coefficient (Wildman–Crippen LogP) is 2.82. The number of rotatable bonds is 1. The molecule has 130 valence electrons. The first kappa shape index (κ1) is 17.7. The van der Waals surface area contributed by atoms with Gasteiger partial charge in [-0.3, -0.25) is 4.90 Å². The van der Waals surface area contributed by atoms with Gasteiger partial charge in [0, 0.05) is 23.9 Å². The minimum Gasteiger partial charge on any atom is -0.399 e. The van der Waals surface area contributed by atoms with E-state index in [0.29, 0.717) is 6.54 Å². The Kier molecular flexibility index (Phi) is 4.11. The van der Waals surface area contributed by atoms with E-state index in [0.717, 1.165) is 11.1 Å². The van der Waals surface area contributed by atoms with Gasteiger partial charge in [-0.05, 0) is 25.1 Å². The predicted molar refractivity (Wildman–Crippen MR) is 98.0 cm³/mol. The molecule has 3 atom stereocenters. The zero-order valence-electron chi connectivity index (χ0n) is 15.2. The maximum absolute atomic E-state index is 10.1. The van der Waals surface area contributed by atoms with Crippen LogP contribution in [-0.4, -0.2) is 24.5 Å². The zero-order chi connectivity index (χ0) is 19.1. The van der Waals surface area contributed by atoms with Crippen LogP contribution in [0.2, 0.25) is 0 Å². The number of likely N-dealkylation sites (N-methyl/N-ethyl adjacent to an activating group) is 1. The molecular formula is C21H21N5. The van der Waals surface area contributed by atoms with E-state index in [2.05, 4.69) is 30.0 Å². The molecule has 1 aromatic rings. The van der Waals surface area contributed by atoms with Crippen molar-refractivity contribution in [2.75, 3.05) is 13.6 Å². The molecule has 0 aromatic heterocycles. The Morgan fingerprint density at radius 3 is 2.31 bits per heavy atom. The van der Waals surface area contributed by atoms with Gasteiger partial charge in [0.15, 0.2) is 5.41 Å². The highest BCUT2D eigenvalue weighted by molar-refractivity contribution is 5.61. The topological polar surface area (TPSA) is 101 Å². The molecule has 0 unspecified atom stereocenters. The molecule has 0 saturated heterocycles. The summed E-state index contributed by atoms with van der Waals surface area (Å²) in [6.45, 7) is 4.72. The number of nitrogens with two attached hydrogens (primary N) is 1. The van der Waals surface area contributed by atoms with Crippen LogP contribution in [0.4, 0.5) is 0 Å². The van der Waals surface area contributed by atoms with Gasteiger partial charge >= 0.3 is 0 Å². The second-order valence-electron chi connectivity index (χ2n) is 7.43. The number of fused-ring (bicyclic) bond motifs is 1. The summed E-state index contributed by atoms with van der Waals surface area (Å²) in [6, 6.07) is 16.2. The molecule has 0 spiro atoms. The maximum Gasteiger partial charge on any atom is 0.191 e. The lowest BCUT2D eigenvalue weighted by Gasteiger charge is -2.53. The molecule has 2 N–H and O–H groups in total. The molecule has 0 saturated carbocycles. The van der Waals surface area contributed by atoms with Crippen LogP contribution < -0.4 is 5.73 Å². The van der Waals surface area contributed by atoms with Crippen molar-refractivity contribution in [2.45, 2.75) is 25.8 Å². The number of hydrogen-bond donors (Lipinski definition) is 1. The molecular weight excluding hydrogens is 322 g/mol. The van der Waals surface area contributed by atoms with Crippen molar-refractivity contribution in [3.8, 4) is 18.2 Å². The summed E-state index contributed by atoms with van der Waals surface area (Å²) in [6.07, 6.45) is 2.05. The van der Waals surface area contributed by atoms with E-state index >= 15 is 0 Å². The molecule has 5 nitrogen and oxygen atoms in total. The Hall–Kier alpha value is -3.07. The molecule has 2 aliphatic rings. The fourth-order valence-corrected chi connectivity index (χ4v) is 4.56. The lowest BCUT2D eigenvalue weighted by Crippen LogP contribution is -2.54. The van der Waals surface area contributed by atoms with Gasteiger partial charge < -0.3 is 5.73 Å². The maximum atomic E-state index is 10.1. The SMILES string of the molecule is C[C@@H]1C=C2C(C#N)=C(N)C(C#N)(C#N)[C@@H](c3ccccc3)[C@]2(C)CN1C. The van der Waals surface area contributed by atoms with Crippen molar-refractivity contribution >= 4 is 0 Å². The van der Waals surface area contributed by atoms with E-state index in [-0.39, 0.29) is 17.3 Å². The first-order valence-electron chi connectivity index (χ1n) is 8.56. The number of hydrogen-bond acceptors (Lipinski definition) is 5. The molecule has 5 heteroatoms. The summed E-state index contributed by atoms with van der Waals surface area (Å²) in [5, 5.41) is 29.9. The largest absolute Gasteiger partial charge is 0.399 e. The molecule has 1 aromatic carbocycles. The zero-order valence-corrected chi connectivity index (χ0v) is 15.2. The van der Waals surface area contributed by atoms with Gasteiger partial charge in [0.1, 0.15) is 6.07 Å². The standard InChI is InChI=1S/C21H21N5/c1-14-9-17-16(10-22)19(25)21(11-23,12-24)18(15-7-5-4-6-8-15)20(17,2)13-26(14)3/h4-9,14,18H,13,25H2,1-3H3/t14-,18+,20-/m1/s1. The van der Waals surface area contributed by atoms with Gasteiger partial charge in [-0.2, -0.15) is 15.8 Å². The minimum atomic E-state index is -1.58. The van der Waals surface area contributed by atoms with E-state index in [1.165, 1.54) is 0 Å². The summed E-state index contributed by atoms with van der Waals surface area (Å²) in [5.41, 5.74) is 6.23. The third kappa shape index (κ3) is 2.17. The molecule has 1 heterocycles. The van der Waals surface area contributed by atoms with E-state index in [1.807, 2.05) is 50.4 Å². The summed E-state index contributed by atoms with van der Waals surface area (Å²) >= 11 is 0. The molecule has 3 rings (SSSR count). The molecule has 26 heavy (non-hydrogen) atoms. The molecule has 0 fully saturated rings. The van der Waals surface area contributed by atoms with Crippen LogP contribution in [0.1, 0.15) is 25.3 Å². The van der Waals surface area contributed by atoms with Crippen molar-refractivity contribution in [1.29, 1.82) is 15.8 Å². The summed E-state index contributed by atoms with van der Waals surface area (Å²) < 4.78 is 0. The fraction of sp³-hybridized carbons (Fsp3) is 0.381. The van der Waals surface area contributed by atoms with Crippen molar-refractivity contribution in [3.63, 3.8) is 0 Å². The third-order valence-corrected chi connectivity index (χ3v) is 5.93. The quantitative estimate of drug-likeness (QED) is 0.845. The van der Waals surface area contributed by atoms with Gasteiger partial charge in [-0.15, -0.1) is 0 Å². The Morgan fingerprint density at radius 1 is 1.15 bits per heavy atom. The highest BCUT2D eigenvalue weighted by Crippen LogP contribution is 2.60. The first-order valence-corrected chi connectivity index (χ1v) is 8.56. The molecule has 1 aliphatic carbocycles. The Labute approximate surface area is 154 Å². The van der Waals surface area contributed by atoms with Crippen molar-refractivity contribution < 1.29 is 0 Å². The van der Waals surface area contributed by atoms with Crippen LogP contribution in [0.25, 0.3) is 0 Å². The average Bonchev–Trinajstić information content (AvgIpc) is 2.64. The lowest BCUT2D eigenvalue weighted by molar-refractivity contribution is 0.124. The summed E-state index contributed by atoms with van der Waals surface area (Å²) in [5.74, 6) is -0.468. The lowest BCUT2D eigenvalue weighted by atomic mass is 9.51. The molecule has 0 bridgehead atoms. The Balaban J connectivity index is 2.44. The number of allylic oxidation sites excluding steroid dienone is 2. The van der Waals surface area contributed by atoms with E-state index in [9.17, 15) is 15.8 Å².